The molecule has 4 nitrogen and oxygen atoms in total. The van der Waals surface area contributed by atoms with Gasteiger partial charge in [0.25, 0.3) is 6.43 Å². The van der Waals surface area contributed by atoms with Crippen LogP contribution in [0.15, 0.2) is 6.07 Å². The molecule has 0 amide bonds. The second kappa shape index (κ2) is 5.07. The summed E-state index contributed by atoms with van der Waals surface area (Å²) in [5.41, 5.74) is 1.09. The first kappa shape index (κ1) is 13.3. The number of aromatic nitrogens is 1. The highest BCUT2D eigenvalue weighted by Gasteiger charge is 2.20. The number of anilines is 1. The molecule has 17 heavy (non-hydrogen) atoms. The van der Waals surface area contributed by atoms with Gasteiger partial charge in [0.2, 0.25) is 0 Å². The maximum absolute atomic E-state index is 12.3. The van der Waals surface area contributed by atoms with Crippen molar-refractivity contribution < 1.29 is 18.7 Å². The van der Waals surface area contributed by atoms with Crippen molar-refractivity contribution in [1.82, 2.24) is 4.98 Å². The van der Waals surface area contributed by atoms with E-state index in [0.717, 1.165) is 4.90 Å². The molecule has 0 aliphatic carbocycles. The normalized spacial score (nSPS) is 10.7. The van der Waals surface area contributed by atoms with Gasteiger partial charge < -0.3 is 10.0 Å². The second-order valence-electron chi connectivity index (χ2n) is 3.86. The smallest absolute Gasteiger partial charge is 0.339 e. The summed E-state index contributed by atoms with van der Waals surface area (Å²) in [4.78, 5) is 16.3. The Bertz CT molecular complexity index is 436. The number of rotatable bonds is 4. The van der Waals surface area contributed by atoms with Crippen LogP contribution in [0.1, 0.15) is 21.6 Å². The van der Waals surface area contributed by atoms with Crippen molar-refractivity contribution in [2.45, 2.75) is 20.3 Å². The van der Waals surface area contributed by atoms with Gasteiger partial charge in [0.05, 0.1) is 6.54 Å². The Morgan fingerprint density at radius 2 is 2.12 bits per heavy atom. The zero-order valence-electron chi connectivity index (χ0n) is 9.87. The van der Waals surface area contributed by atoms with Crippen molar-refractivity contribution in [2.24, 2.45) is 0 Å². The summed E-state index contributed by atoms with van der Waals surface area (Å²) in [6.45, 7) is 2.77. The second-order valence-corrected chi connectivity index (χ2v) is 3.86. The Hall–Kier alpha value is -1.72. The van der Waals surface area contributed by atoms with Gasteiger partial charge in [-0.25, -0.2) is 18.6 Å². The first-order valence-corrected chi connectivity index (χ1v) is 5.03. The molecule has 0 saturated carbocycles. The summed E-state index contributed by atoms with van der Waals surface area (Å²) < 4.78 is 24.6. The molecule has 1 rings (SSSR count). The third-order valence-electron chi connectivity index (χ3n) is 2.31. The highest BCUT2D eigenvalue weighted by Crippen LogP contribution is 2.22. The summed E-state index contributed by atoms with van der Waals surface area (Å²) in [7, 11) is 1.40. The standard InChI is InChI=1S/C11H14F2N2O2/c1-6-4-7(2)14-10(9(6)11(16)17)15(3)5-8(12)13/h4,8H,5H2,1-3H3,(H,16,17). The molecule has 0 spiro atoms. The maximum atomic E-state index is 12.3. The first-order valence-electron chi connectivity index (χ1n) is 5.03. The van der Waals surface area contributed by atoms with Crippen molar-refractivity contribution in [3.63, 3.8) is 0 Å². The van der Waals surface area contributed by atoms with Crippen LogP contribution in [-0.4, -0.2) is 36.1 Å². The van der Waals surface area contributed by atoms with Gasteiger partial charge in [0.15, 0.2) is 0 Å². The van der Waals surface area contributed by atoms with E-state index in [2.05, 4.69) is 4.98 Å². The SMILES string of the molecule is Cc1cc(C)c(C(=O)O)c(N(C)CC(F)F)n1. The number of pyridine rings is 1. The molecule has 0 saturated heterocycles. The Morgan fingerprint density at radius 3 is 2.59 bits per heavy atom. The van der Waals surface area contributed by atoms with E-state index in [0.29, 0.717) is 11.3 Å². The predicted molar refractivity (Wildman–Crippen MR) is 59.9 cm³/mol. The number of alkyl halides is 2. The monoisotopic (exact) mass is 244 g/mol. The molecule has 0 aliphatic rings. The average Bonchev–Trinajstić information content (AvgIpc) is 2.14. The van der Waals surface area contributed by atoms with Crippen LogP contribution in [0.25, 0.3) is 0 Å². The average molecular weight is 244 g/mol. The van der Waals surface area contributed by atoms with Crippen molar-refractivity contribution >= 4 is 11.8 Å². The maximum Gasteiger partial charge on any atom is 0.339 e. The molecular formula is C11H14F2N2O2. The Morgan fingerprint density at radius 1 is 1.53 bits per heavy atom. The van der Waals surface area contributed by atoms with Crippen LogP contribution in [0.2, 0.25) is 0 Å². The fourth-order valence-corrected chi connectivity index (χ4v) is 1.65. The number of aryl methyl sites for hydroxylation is 2. The van der Waals surface area contributed by atoms with Crippen molar-refractivity contribution in [2.75, 3.05) is 18.5 Å². The first-order chi connectivity index (χ1) is 7.82. The van der Waals surface area contributed by atoms with Gasteiger partial charge in [-0.1, -0.05) is 0 Å². The van der Waals surface area contributed by atoms with E-state index in [1.165, 1.54) is 7.05 Å². The molecule has 0 radical (unpaired) electrons. The van der Waals surface area contributed by atoms with Crippen LogP contribution in [0.3, 0.4) is 0 Å². The van der Waals surface area contributed by atoms with Gasteiger partial charge in [0, 0.05) is 12.7 Å². The molecule has 0 unspecified atom stereocenters. The van der Waals surface area contributed by atoms with E-state index in [1.54, 1.807) is 19.9 Å². The molecule has 1 N–H and O–H groups in total. The summed E-state index contributed by atoms with van der Waals surface area (Å²) in [5, 5.41) is 9.07. The van der Waals surface area contributed by atoms with E-state index in [1.807, 2.05) is 0 Å². The van der Waals surface area contributed by atoms with Crippen LogP contribution in [0.4, 0.5) is 14.6 Å². The van der Waals surface area contributed by atoms with Gasteiger partial charge in [-0.3, -0.25) is 0 Å². The summed E-state index contributed by atoms with van der Waals surface area (Å²) in [5.74, 6) is -1.08. The van der Waals surface area contributed by atoms with Crippen molar-refractivity contribution in [3.05, 3.63) is 22.9 Å². The Balaban J connectivity index is 3.25. The summed E-state index contributed by atoms with van der Waals surface area (Å²) in [6, 6.07) is 1.61. The molecule has 0 bridgehead atoms. The number of carboxylic acid groups (broad SMARTS) is 1. The molecule has 0 atom stereocenters. The number of nitrogens with zero attached hydrogens (tertiary/aromatic N) is 2. The summed E-state index contributed by atoms with van der Waals surface area (Å²) in [6.07, 6.45) is -2.54. The van der Waals surface area contributed by atoms with E-state index in [4.69, 9.17) is 5.11 Å². The molecule has 0 aromatic carbocycles. The number of carboxylic acids is 1. The molecule has 1 aromatic rings. The largest absolute Gasteiger partial charge is 0.478 e. The quantitative estimate of drug-likeness (QED) is 0.881. The van der Waals surface area contributed by atoms with Gasteiger partial charge in [-0.15, -0.1) is 0 Å². The fourth-order valence-electron chi connectivity index (χ4n) is 1.65. The number of halogens is 2. The number of aromatic carboxylic acids is 1. The van der Waals surface area contributed by atoms with E-state index in [9.17, 15) is 13.6 Å². The van der Waals surface area contributed by atoms with Crippen LogP contribution >= 0.6 is 0 Å². The van der Waals surface area contributed by atoms with Crippen LogP contribution in [0.5, 0.6) is 0 Å². The van der Waals surface area contributed by atoms with Crippen molar-refractivity contribution in [3.8, 4) is 0 Å². The number of carbonyl (C=O) groups is 1. The van der Waals surface area contributed by atoms with E-state index in [-0.39, 0.29) is 11.4 Å². The third kappa shape index (κ3) is 3.12. The predicted octanol–water partition coefficient (Wildman–Crippen LogP) is 2.10. The van der Waals surface area contributed by atoms with Gasteiger partial charge in [0.1, 0.15) is 11.4 Å². The van der Waals surface area contributed by atoms with Crippen LogP contribution in [0, 0.1) is 13.8 Å². The summed E-state index contributed by atoms with van der Waals surface area (Å²) >= 11 is 0. The number of hydrogen-bond donors (Lipinski definition) is 1. The lowest BCUT2D eigenvalue weighted by Crippen LogP contribution is -2.27. The Kier molecular flexibility index (Phi) is 3.98. The fraction of sp³-hybridized carbons (Fsp3) is 0.455. The zero-order valence-corrected chi connectivity index (χ0v) is 9.87. The molecule has 6 heteroatoms. The number of hydrogen-bond acceptors (Lipinski definition) is 3. The lowest BCUT2D eigenvalue weighted by molar-refractivity contribution is 0.0695. The molecule has 0 aliphatic heterocycles. The lowest BCUT2D eigenvalue weighted by atomic mass is 10.1. The molecule has 0 fully saturated rings. The van der Waals surface area contributed by atoms with E-state index >= 15 is 0 Å². The molecule has 94 valence electrons. The topological polar surface area (TPSA) is 53.4 Å². The van der Waals surface area contributed by atoms with Crippen LogP contribution < -0.4 is 4.90 Å². The minimum absolute atomic E-state index is 0.0289. The molecular weight excluding hydrogens is 230 g/mol. The zero-order chi connectivity index (χ0) is 13.2. The van der Waals surface area contributed by atoms with E-state index < -0.39 is 18.9 Å². The third-order valence-corrected chi connectivity index (χ3v) is 2.31. The van der Waals surface area contributed by atoms with Gasteiger partial charge in [-0.05, 0) is 25.5 Å². The highest BCUT2D eigenvalue weighted by molar-refractivity contribution is 5.95. The molecule has 1 aromatic heterocycles. The molecule has 1 heterocycles. The minimum Gasteiger partial charge on any atom is -0.478 e. The van der Waals surface area contributed by atoms with Gasteiger partial charge >= 0.3 is 5.97 Å². The van der Waals surface area contributed by atoms with Gasteiger partial charge in [-0.2, -0.15) is 0 Å². The highest BCUT2D eigenvalue weighted by atomic mass is 19.3. The van der Waals surface area contributed by atoms with Crippen LogP contribution in [-0.2, 0) is 0 Å². The lowest BCUT2D eigenvalue weighted by Gasteiger charge is -2.21. The van der Waals surface area contributed by atoms with Crippen molar-refractivity contribution in [1.29, 1.82) is 0 Å². The minimum atomic E-state index is -2.54. The Labute approximate surface area is 97.9 Å².